The summed E-state index contributed by atoms with van der Waals surface area (Å²) in [5.74, 6) is 5.49. The van der Waals surface area contributed by atoms with Crippen LogP contribution in [-0.2, 0) is 0 Å². The molecule has 2 aromatic rings. The maximum atomic E-state index is 8.04. The second kappa shape index (κ2) is 4.13. The lowest BCUT2D eigenvalue weighted by atomic mass is 10.3. The van der Waals surface area contributed by atoms with Crippen LogP contribution in [0.15, 0.2) is 23.6 Å². The smallest absolute Gasteiger partial charge is 0.113 e. The Bertz CT molecular complexity index is 581. The highest BCUT2D eigenvalue weighted by Crippen LogP contribution is 2.08. The Balaban J connectivity index is 2.26. The van der Waals surface area contributed by atoms with Crippen LogP contribution in [0.5, 0.6) is 0 Å². The Labute approximate surface area is 85.0 Å². The average Bonchev–Trinajstić information content (AvgIpc) is 2.71. The Kier molecular flexibility index (Phi) is 2.50. The molecular weight excluding hydrogens is 192 g/mol. The van der Waals surface area contributed by atoms with Gasteiger partial charge in [0.15, 0.2) is 0 Å². The molecule has 0 unspecified atom stereocenters. The minimum absolute atomic E-state index is 0.154. The molecule has 0 atom stereocenters. The largest absolute Gasteiger partial charge is 0.276 e. The van der Waals surface area contributed by atoms with Crippen molar-refractivity contribution in [2.24, 2.45) is 5.11 Å². The quantitative estimate of drug-likeness (QED) is 0.326. The van der Waals surface area contributed by atoms with E-state index in [9.17, 15) is 0 Å². The van der Waals surface area contributed by atoms with Gasteiger partial charge in [0, 0.05) is 10.3 Å². The monoisotopic (exact) mass is 198 g/mol. The predicted octanol–water partition coefficient (Wildman–Crippen LogP) is 1.62. The standard InChI is InChI=1S/C9H6N6/c10-15-12-3-1-2-8-4-7-5-13-14-9(7)6-11-8/h4-6H,3H2,(H,13,14). The van der Waals surface area contributed by atoms with Crippen LogP contribution < -0.4 is 0 Å². The molecule has 0 aliphatic heterocycles. The van der Waals surface area contributed by atoms with E-state index in [0.29, 0.717) is 5.69 Å². The maximum absolute atomic E-state index is 8.04. The van der Waals surface area contributed by atoms with Crippen molar-refractivity contribution in [2.45, 2.75) is 0 Å². The summed E-state index contributed by atoms with van der Waals surface area (Å²) >= 11 is 0. The van der Waals surface area contributed by atoms with Gasteiger partial charge in [-0.3, -0.25) is 5.10 Å². The van der Waals surface area contributed by atoms with E-state index in [-0.39, 0.29) is 6.54 Å². The van der Waals surface area contributed by atoms with Gasteiger partial charge in [-0.15, -0.1) is 0 Å². The molecule has 2 aromatic heterocycles. The fourth-order valence-corrected chi connectivity index (χ4v) is 1.11. The van der Waals surface area contributed by atoms with Gasteiger partial charge in [0.05, 0.1) is 24.5 Å². The normalized spacial score (nSPS) is 9.07. The summed E-state index contributed by atoms with van der Waals surface area (Å²) in [4.78, 5) is 6.69. The zero-order valence-electron chi connectivity index (χ0n) is 7.68. The number of rotatable bonds is 1. The predicted molar refractivity (Wildman–Crippen MR) is 54.8 cm³/mol. The molecule has 0 aliphatic carbocycles. The third-order valence-electron chi connectivity index (χ3n) is 1.75. The van der Waals surface area contributed by atoms with E-state index in [4.69, 9.17) is 5.53 Å². The summed E-state index contributed by atoms with van der Waals surface area (Å²) in [5.41, 5.74) is 9.55. The number of fused-ring (bicyclic) bond motifs is 1. The van der Waals surface area contributed by atoms with E-state index >= 15 is 0 Å². The molecule has 2 rings (SSSR count). The van der Waals surface area contributed by atoms with Crippen molar-refractivity contribution in [3.63, 3.8) is 0 Å². The van der Waals surface area contributed by atoms with Gasteiger partial charge < -0.3 is 0 Å². The lowest BCUT2D eigenvalue weighted by Gasteiger charge is -1.89. The van der Waals surface area contributed by atoms with Crippen molar-refractivity contribution >= 4 is 10.9 Å². The molecule has 0 spiro atoms. The van der Waals surface area contributed by atoms with E-state index < -0.39 is 0 Å². The molecule has 0 bridgehead atoms. The van der Waals surface area contributed by atoms with Gasteiger partial charge in [-0.05, 0) is 17.5 Å². The highest BCUT2D eigenvalue weighted by Gasteiger charge is 1.95. The summed E-state index contributed by atoms with van der Waals surface area (Å²) in [6, 6.07) is 1.82. The first-order valence-corrected chi connectivity index (χ1v) is 4.19. The zero-order valence-corrected chi connectivity index (χ0v) is 7.68. The van der Waals surface area contributed by atoms with E-state index in [0.717, 1.165) is 10.9 Å². The molecule has 2 heterocycles. The molecule has 0 amide bonds. The minimum Gasteiger partial charge on any atom is -0.276 e. The second-order valence-electron chi connectivity index (χ2n) is 2.72. The highest BCUT2D eigenvalue weighted by atomic mass is 15.1. The van der Waals surface area contributed by atoms with Gasteiger partial charge in [0.2, 0.25) is 0 Å². The van der Waals surface area contributed by atoms with Crippen LogP contribution in [0.1, 0.15) is 5.69 Å². The number of nitrogens with one attached hydrogen (secondary N) is 1. The van der Waals surface area contributed by atoms with Gasteiger partial charge in [-0.25, -0.2) is 4.98 Å². The van der Waals surface area contributed by atoms with E-state index in [1.54, 1.807) is 12.4 Å². The summed E-state index contributed by atoms with van der Waals surface area (Å²) in [6.45, 7) is 0.154. The van der Waals surface area contributed by atoms with Crippen molar-refractivity contribution in [3.05, 3.63) is 34.6 Å². The van der Waals surface area contributed by atoms with E-state index in [1.165, 1.54) is 0 Å². The minimum atomic E-state index is 0.154. The topological polar surface area (TPSA) is 90.3 Å². The average molecular weight is 198 g/mol. The first kappa shape index (κ1) is 9.06. The Hall–Kier alpha value is -2.51. The molecule has 6 nitrogen and oxygen atoms in total. The van der Waals surface area contributed by atoms with E-state index in [1.807, 2.05) is 6.07 Å². The van der Waals surface area contributed by atoms with Crippen molar-refractivity contribution in [2.75, 3.05) is 6.54 Å². The number of hydrogen-bond acceptors (Lipinski definition) is 3. The summed E-state index contributed by atoms with van der Waals surface area (Å²) in [7, 11) is 0. The highest BCUT2D eigenvalue weighted by molar-refractivity contribution is 5.77. The number of H-pyrrole nitrogens is 1. The van der Waals surface area contributed by atoms with Crippen LogP contribution in [0.25, 0.3) is 21.3 Å². The SMILES string of the molecule is [N-]=[N+]=NCC#Cc1cc2cn[nH]c2cn1. The number of aromatic nitrogens is 3. The third-order valence-corrected chi connectivity index (χ3v) is 1.75. The Morgan fingerprint density at radius 1 is 1.53 bits per heavy atom. The third kappa shape index (κ3) is 2.05. The molecule has 0 fully saturated rings. The molecule has 1 N–H and O–H groups in total. The molecular formula is C9H6N6. The summed E-state index contributed by atoms with van der Waals surface area (Å²) in [6.07, 6.45) is 3.37. The van der Waals surface area contributed by atoms with Crippen LogP contribution in [0.3, 0.4) is 0 Å². The van der Waals surface area contributed by atoms with Crippen LogP contribution >= 0.6 is 0 Å². The summed E-state index contributed by atoms with van der Waals surface area (Å²) < 4.78 is 0. The number of aromatic amines is 1. The first-order valence-electron chi connectivity index (χ1n) is 4.19. The van der Waals surface area contributed by atoms with Crippen molar-refractivity contribution in [3.8, 4) is 11.8 Å². The Morgan fingerprint density at radius 2 is 2.47 bits per heavy atom. The fourth-order valence-electron chi connectivity index (χ4n) is 1.11. The van der Waals surface area contributed by atoms with Crippen molar-refractivity contribution in [1.29, 1.82) is 0 Å². The number of azide groups is 1. The molecule has 0 aromatic carbocycles. The van der Waals surface area contributed by atoms with Crippen LogP contribution in [0.4, 0.5) is 0 Å². The van der Waals surface area contributed by atoms with Gasteiger partial charge in [-0.2, -0.15) is 5.10 Å². The molecule has 0 radical (unpaired) electrons. The van der Waals surface area contributed by atoms with Gasteiger partial charge in [0.1, 0.15) is 5.69 Å². The first-order chi connectivity index (χ1) is 7.40. The van der Waals surface area contributed by atoms with Gasteiger partial charge in [0.25, 0.3) is 0 Å². The van der Waals surface area contributed by atoms with Gasteiger partial charge in [-0.1, -0.05) is 11.0 Å². The summed E-state index contributed by atoms with van der Waals surface area (Å²) in [5, 5.41) is 10.9. The maximum Gasteiger partial charge on any atom is 0.113 e. The molecule has 15 heavy (non-hydrogen) atoms. The molecule has 0 aliphatic rings. The lowest BCUT2D eigenvalue weighted by molar-refractivity contribution is 1.11. The van der Waals surface area contributed by atoms with Gasteiger partial charge >= 0.3 is 0 Å². The molecule has 72 valence electrons. The molecule has 0 saturated heterocycles. The van der Waals surface area contributed by atoms with Crippen molar-refractivity contribution < 1.29 is 0 Å². The van der Waals surface area contributed by atoms with E-state index in [2.05, 4.69) is 37.0 Å². The molecule has 6 heteroatoms. The Morgan fingerprint density at radius 3 is 3.33 bits per heavy atom. The van der Waals surface area contributed by atoms with Crippen LogP contribution in [0.2, 0.25) is 0 Å². The second-order valence-corrected chi connectivity index (χ2v) is 2.72. The zero-order chi connectivity index (χ0) is 10.5. The van der Waals surface area contributed by atoms with Crippen molar-refractivity contribution in [1.82, 2.24) is 15.2 Å². The van der Waals surface area contributed by atoms with Crippen LogP contribution in [0, 0.1) is 11.8 Å². The van der Waals surface area contributed by atoms with Crippen LogP contribution in [-0.4, -0.2) is 21.7 Å². The lowest BCUT2D eigenvalue weighted by Crippen LogP contribution is -1.81. The number of pyridine rings is 1. The molecule has 0 saturated carbocycles. The number of hydrogen-bond donors (Lipinski definition) is 1. The fraction of sp³-hybridized carbons (Fsp3) is 0.111. The number of nitrogens with zero attached hydrogens (tertiary/aromatic N) is 5.